The van der Waals surface area contributed by atoms with Crippen LogP contribution in [0.1, 0.15) is 5.89 Å². The van der Waals surface area contributed by atoms with Crippen molar-refractivity contribution in [3.63, 3.8) is 0 Å². The molecule has 13 heteroatoms. The van der Waals surface area contributed by atoms with Gasteiger partial charge in [0, 0.05) is 43.9 Å². The van der Waals surface area contributed by atoms with Crippen LogP contribution < -0.4 is 0 Å². The van der Waals surface area contributed by atoms with Crippen molar-refractivity contribution in [1.29, 1.82) is 0 Å². The van der Waals surface area contributed by atoms with Gasteiger partial charge in [0.15, 0.2) is 0 Å². The number of hydrogen-bond acceptors (Lipinski definition) is 8. The Balaban J connectivity index is 1.40. The molecule has 1 aliphatic heterocycles. The molecule has 0 spiro atoms. The summed E-state index contributed by atoms with van der Waals surface area (Å²) >= 11 is 0. The second-order valence-electron chi connectivity index (χ2n) is 7.07. The second-order valence-corrected chi connectivity index (χ2v) is 8.98. The highest BCUT2D eigenvalue weighted by Crippen LogP contribution is 2.24. The molecule has 0 unspecified atom stereocenters. The summed E-state index contributed by atoms with van der Waals surface area (Å²) in [7, 11) is -4.17. The Morgan fingerprint density at radius 3 is 2.56 bits per heavy atom. The van der Waals surface area contributed by atoms with Gasteiger partial charge in [-0.3, -0.25) is 15.0 Å². The van der Waals surface area contributed by atoms with Gasteiger partial charge in [-0.25, -0.2) is 17.2 Å². The topological polar surface area (TPSA) is 123 Å². The number of sulfonamides is 1. The van der Waals surface area contributed by atoms with Gasteiger partial charge < -0.3 is 4.52 Å². The number of hydrogen-bond donors (Lipinski definition) is 0. The van der Waals surface area contributed by atoms with Crippen LogP contribution >= 0.6 is 0 Å². The fraction of sp³-hybridized carbons (Fsp3) is 0.263. The van der Waals surface area contributed by atoms with E-state index >= 15 is 0 Å². The third kappa shape index (κ3) is 4.49. The molecule has 0 aliphatic carbocycles. The van der Waals surface area contributed by atoms with Crippen molar-refractivity contribution in [2.75, 3.05) is 26.2 Å². The molecule has 0 N–H and O–H groups in total. The fourth-order valence-electron chi connectivity index (χ4n) is 3.33. The molecule has 0 radical (unpaired) electrons. The van der Waals surface area contributed by atoms with Crippen LogP contribution in [0.4, 0.5) is 14.5 Å². The van der Waals surface area contributed by atoms with E-state index in [0.29, 0.717) is 24.7 Å². The summed E-state index contributed by atoms with van der Waals surface area (Å²) in [5.74, 6) is -1.38. The predicted octanol–water partition coefficient (Wildman–Crippen LogP) is 2.43. The summed E-state index contributed by atoms with van der Waals surface area (Å²) in [6, 6.07) is 8.15. The van der Waals surface area contributed by atoms with Gasteiger partial charge in [-0.05, 0) is 18.2 Å². The van der Waals surface area contributed by atoms with E-state index in [1.807, 2.05) is 4.90 Å². The van der Waals surface area contributed by atoms with E-state index in [4.69, 9.17) is 4.52 Å². The smallest absolute Gasteiger partial charge is 0.270 e. The van der Waals surface area contributed by atoms with Crippen LogP contribution in [-0.4, -0.2) is 58.9 Å². The highest BCUT2D eigenvalue weighted by atomic mass is 32.2. The van der Waals surface area contributed by atoms with Crippen molar-refractivity contribution in [3.05, 3.63) is 70.1 Å². The Hall–Kier alpha value is -3.29. The number of nitro benzene ring substituents is 1. The molecule has 32 heavy (non-hydrogen) atoms. The van der Waals surface area contributed by atoms with Crippen molar-refractivity contribution in [1.82, 2.24) is 19.3 Å². The molecule has 1 saturated heterocycles. The lowest BCUT2D eigenvalue weighted by molar-refractivity contribution is -0.384. The Morgan fingerprint density at radius 1 is 1.09 bits per heavy atom. The molecule has 0 atom stereocenters. The van der Waals surface area contributed by atoms with E-state index in [9.17, 15) is 27.3 Å². The van der Waals surface area contributed by atoms with Crippen molar-refractivity contribution in [2.45, 2.75) is 11.4 Å². The quantitative estimate of drug-likeness (QED) is 0.402. The molecule has 0 saturated carbocycles. The molecular weight excluding hydrogens is 448 g/mol. The van der Waals surface area contributed by atoms with Crippen molar-refractivity contribution < 1.29 is 26.6 Å². The molecule has 2 aromatic carbocycles. The predicted molar refractivity (Wildman–Crippen MR) is 107 cm³/mol. The molecule has 1 fully saturated rings. The lowest BCUT2D eigenvalue weighted by Gasteiger charge is -2.33. The molecule has 168 valence electrons. The van der Waals surface area contributed by atoms with Crippen LogP contribution in [-0.2, 0) is 16.6 Å². The van der Waals surface area contributed by atoms with Gasteiger partial charge in [0.2, 0.25) is 21.7 Å². The van der Waals surface area contributed by atoms with Gasteiger partial charge >= 0.3 is 0 Å². The number of nitro groups is 1. The third-order valence-electron chi connectivity index (χ3n) is 4.98. The van der Waals surface area contributed by atoms with Gasteiger partial charge in [0.1, 0.15) is 16.5 Å². The molecule has 2 heterocycles. The van der Waals surface area contributed by atoms with Crippen LogP contribution in [0.3, 0.4) is 0 Å². The molecule has 1 aromatic heterocycles. The molecule has 1 aliphatic rings. The minimum atomic E-state index is -4.17. The Morgan fingerprint density at radius 2 is 1.84 bits per heavy atom. The first-order chi connectivity index (χ1) is 15.2. The van der Waals surface area contributed by atoms with Crippen molar-refractivity contribution in [2.24, 2.45) is 0 Å². The van der Waals surface area contributed by atoms with Gasteiger partial charge in [-0.1, -0.05) is 17.3 Å². The SMILES string of the molecule is O=[N+]([O-])c1cccc(-c2noc(CN3CCN(S(=O)(=O)c4cc(F)ccc4F)CC3)n2)c1. The van der Waals surface area contributed by atoms with Gasteiger partial charge in [-0.15, -0.1) is 0 Å². The average Bonchev–Trinajstić information content (AvgIpc) is 3.24. The first-order valence-corrected chi connectivity index (χ1v) is 10.9. The average molecular weight is 465 g/mol. The number of rotatable bonds is 6. The minimum absolute atomic E-state index is 0.0736. The number of aromatic nitrogens is 2. The summed E-state index contributed by atoms with van der Waals surface area (Å²) in [6.45, 7) is 1.01. The zero-order valence-electron chi connectivity index (χ0n) is 16.5. The lowest BCUT2D eigenvalue weighted by Crippen LogP contribution is -2.48. The third-order valence-corrected chi connectivity index (χ3v) is 6.90. The van der Waals surface area contributed by atoms with E-state index in [0.717, 1.165) is 16.4 Å². The lowest BCUT2D eigenvalue weighted by atomic mass is 10.2. The fourth-order valence-corrected chi connectivity index (χ4v) is 4.83. The van der Waals surface area contributed by atoms with Crippen molar-refractivity contribution >= 4 is 15.7 Å². The molecule has 4 rings (SSSR count). The van der Waals surface area contributed by atoms with Crippen LogP contribution in [0.15, 0.2) is 51.9 Å². The molecule has 0 amide bonds. The van der Waals surface area contributed by atoms with E-state index in [1.165, 1.54) is 18.2 Å². The molecule has 10 nitrogen and oxygen atoms in total. The first kappa shape index (κ1) is 21.9. The summed E-state index contributed by atoms with van der Waals surface area (Å²) in [4.78, 5) is 15.8. The van der Waals surface area contributed by atoms with Crippen LogP contribution in [0.25, 0.3) is 11.4 Å². The summed E-state index contributed by atoms with van der Waals surface area (Å²) in [5, 5.41) is 14.8. The van der Waals surface area contributed by atoms with E-state index < -0.39 is 31.5 Å². The molecule has 0 bridgehead atoms. The summed E-state index contributed by atoms with van der Waals surface area (Å²) in [6.07, 6.45) is 0. The molecular formula is C19H17F2N5O5S. The number of piperazine rings is 1. The zero-order chi connectivity index (χ0) is 22.9. The number of halogens is 2. The van der Waals surface area contributed by atoms with Gasteiger partial charge in [0.25, 0.3) is 5.69 Å². The maximum absolute atomic E-state index is 13.9. The minimum Gasteiger partial charge on any atom is -0.338 e. The number of nitrogens with zero attached hydrogens (tertiary/aromatic N) is 5. The van der Waals surface area contributed by atoms with Gasteiger partial charge in [-0.2, -0.15) is 9.29 Å². The summed E-state index contributed by atoms with van der Waals surface area (Å²) in [5.41, 5.74) is 0.336. The van der Waals surface area contributed by atoms with Gasteiger partial charge in [0.05, 0.1) is 11.5 Å². The Bertz CT molecular complexity index is 1260. The highest BCUT2D eigenvalue weighted by molar-refractivity contribution is 7.89. The highest BCUT2D eigenvalue weighted by Gasteiger charge is 2.31. The first-order valence-electron chi connectivity index (χ1n) is 9.49. The monoisotopic (exact) mass is 465 g/mol. The van der Waals surface area contributed by atoms with E-state index in [2.05, 4.69) is 10.1 Å². The number of benzene rings is 2. The largest absolute Gasteiger partial charge is 0.338 e. The Kier molecular flexibility index (Phi) is 5.95. The standard InChI is InChI=1S/C19H17F2N5O5S/c20-14-4-5-16(21)17(11-14)32(29,30)25-8-6-24(7-9-25)12-18-22-19(23-31-18)13-2-1-3-15(10-13)26(27)28/h1-5,10-11H,6-9,12H2. The van der Waals surface area contributed by atoms with Crippen LogP contribution in [0.2, 0.25) is 0 Å². The van der Waals surface area contributed by atoms with Crippen LogP contribution in [0.5, 0.6) is 0 Å². The van der Waals surface area contributed by atoms with Crippen LogP contribution in [0, 0.1) is 21.7 Å². The molecule has 3 aromatic rings. The Labute approximate surface area is 181 Å². The van der Waals surface area contributed by atoms with Crippen molar-refractivity contribution in [3.8, 4) is 11.4 Å². The normalized spacial score (nSPS) is 15.7. The number of non-ortho nitro benzene ring substituents is 1. The maximum Gasteiger partial charge on any atom is 0.270 e. The van der Waals surface area contributed by atoms with E-state index in [-0.39, 0.29) is 37.0 Å². The van der Waals surface area contributed by atoms with E-state index in [1.54, 1.807) is 6.07 Å². The zero-order valence-corrected chi connectivity index (χ0v) is 17.3. The maximum atomic E-state index is 13.9. The summed E-state index contributed by atoms with van der Waals surface area (Å²) < 4.78 is 59.0. The second kappa shape index (κ2) is 8.68.